The SMILES string of the molecule is CCc1nn(-c2ccccc2)c2c1CN(C(=O)Nc1cc(OC)ccc1OC)[C@@H](c1ccccc1)c1cccn1-2. The predicted molar refractivity (Wildman–Crippen MR) is 155 cm³/mol. The number of hydrogen-bond donors (Lipinski definition) is 1. The highest BCUT2D eigenvalue weighted by molar-refractivity contribution is 5.92. The number of rotatable bonds is 6. The molecule has 2 amide bonds. The van der Waals surface area contributed by atoms with Gasteiger partial charge in [0.05, 0.1) is 49.6 Å². The second-order valence-electron chi connectivity index (χ2n) is 9.59. The Bertz CT molecular complexity index is 1640. The molecule has 1 aliphatic heterocycles. The van der Waals surface area contributed by atoms with Gasteiger partial charge in [0.15, 0.2) is 0 Å². The standard InChI is InChI=1S/C32H31N5O3/c1-4-26-25-21-36(32(38)33-27-20-24(39-2)17-18-29(27)40-3)30(22-12-7-5-8-13-22)28-16-11-19-35(28)31(25)37(34-26)23-14-9-6-10-15-23/h5-20,30H,4,21H2,1-3H3,(H,33,38)/t30-/m0/s1. The number of hydrogen-bond acceptors (Lipinski definition) is 4. The van der Waals surface area contributed by atoms with E-state index in [4.69, 9.17) is 14.6 Å². The molecule has 0 aliphatic carbocycles. The number of carbonyl (C=O) groups excluding carboxylic acids is 1. The summed E-state index contributed by atoms with van der Waals surface area (Å²) in [5.41, 5.74) is 5.44. The van der Waals surface area contributed by atoms with Gasteiger partial charge < -0.3 is 24.3 Å². The van der Waals surface area contributed by atoms with Crippen molar-refractivity contribution in [3.8, 4) is 23.0 Å². The van der Waals surface area contributed by atoms with Gasteiger partial charge in [-0.1, -0.05) is 55.5 Å². The minimum Gasteiger partial charge on any atom is -0.497 e. The molecule has 1 aliphatic rings. The van der Waals surface area contributed by atoms with E-state index in [1.165, 1.54) is 0 Å². The van der Waals surface area contributed by atoms with Crippen molar-refractivity contribution >= 4 is 11.7 Å². The Morgan fingerprint density at radius 1 is 0.950 bits per heavy atom. The number of urea groups is 1. The number of aryl methyl sites for hydroxylation is 1. The highest BCUT2D eigenvalue weighted by Crippen LogP contribution is 2.39. The fraction of sp³-hybridized carbons (Fsp3) is 0.188. The maximum Gasteiger partial charge on any atom is 0.323 e. The van der Waals surface area contributed by atoms with Gasteiger partial charge in [-0.3, -0.25) is 0 Å². The zero-order valence-electron chi connectivity index (χ0n) is 22.7. The lowest BCUT2D eigenvalue weighted by atomic mass is 10.0. The first-order chi connectivity index (χ1) is 19.6. The smallest absolute Gasteiger partial charge is 0.323 e. The van der Waals surface area contributed by atoms with Crippen LogP contribution in [0.3, 0.4) is 0 Å². The number of carbonyl (C=O) groups is 1. The van der Waals surface area contributed by atoms with Crippen molar-refractivity contribution in [2.45, 2.75) is 25.9 Å². The number of methoxy groups -OCH3 is 2. The Morgan fingerprint density at radius 2 is 1.70 bits per heavy atom. The van der Waals surface area contributed by atoms with Gasteiger partial charge in [0.25, 0.3) is 0 Å². The zero-order valence-corrected chi connectivity index (χ0v) is 22.7. The summed E-state index contributed by atoms with van der Waals surface area (Å²) in [6, 6.07) is 29.1. The van der Waals surface area contributed by atoms with Gasteiger partial charge in [-0.25, -0.2) is 9.48 Å². The number of fused-ring (bicyclic) bond motifs is 3. The molecule has 0 bridgehead atoms. The zero-order chi connectivity index (χ0) is 27.6. The molecule has 0 unspecified atom stereocenters. The average Bonchev–Trinajstić information content (AvgIpc) is 3.59. The molecule has 2 aromatic heterocycles. The van der Waals surface area contributed by atoms with Gasteiger partial charge in [-0.05, 0) is 48.4 Å². The van der Waals surface area contributed by atoms with Crippen molar-refractivity contribution in [2.24, 2.45) is 0 Å². The molecule has 3 aromatic carbocycles. The Morgan fingerprint density at radius 3 is 2.40 bits per heavy atom. The first-order valence-electron chi connectivity index (χ1n) is 13.3. The molecule has 0 saturated carbocycles. The van der Waals surface area contributed by atoms with Crippen molar-refractivity contribution in [2.75, 3.05) is 19.5 Å². The maximum absolute atomic E-state index is 14.3. The summed E-state index contributed by atoms with van der Waals surface area (Å²) in [5.74, 6) is 2.12. The molecular formula is C32H31N5O3. The van der Waals surface area contributed by atoms with Crippen LogP contribution >= 0.6 is 0 Å². The third kappa shape index (κ3) is 4.37. The number of aromatic nitrogens is 3. The molecule has 8 nitrogen and oxygen atoms in total. The van der Waals surface area contributed by atoms with E-state index in [2.05, 4.69) is 53.3 Å². The summed E-state index contributed by atoms with van der Waals surface area (Å²) >= 11 is 0. The number of nitrogens with zero attached hydrogens (tertiary/aromatic N) is 4. The van der Waals surface area contributed by atoms with Crippen molar-refractivity contribution in [1.29, 1.82) is 0 Å². The summed E-state index contributed by atoms with van der Waals surface area (Å²) in [6.07, 6.45) is 2.78. The van der Waals surface area contributed by atoms with E-state index in [9.17, 15) is 4.79 Å². The van der Waals surface area contributed by atoms with Gasteiger partial charge >= 0.3 is 6.03 Å². The summed E-state index contributed by atoms with van der Waals surface area (Å²) in [4.78, 5) is 16.1. The van der Waals surface area contributed by atoms with Crippen LogP contribution in [-0.4, -0.2) is 39.5 Å². The molecular weight excluding hydrogens is 502 g/mol. The number of anilines is 1. The fourth-order valence-corrected chi connectivity index (χ4v) is 5.43. The van der Waals surface area contributed by atoms with Crippen LogP contribution in [0.4, 0.5) is 10.5 Å². The second kappa shape index (κ2) is 10.6. The lowest BCUT2D eigenvalue weighted by Crippen LogP contribution is -2.38. The van der Waals surface area contributed by atoms with Crippen LogP contribution in [0, 0.1) is 0 Å². The van der Waals surface area contributed by atoms with Crippen LogP contribution in [0.2, 0.25) is 0 Å². The maximum atomic E-state index is 14.3. The molecule has 1 atom stereocenters. The first kappa shape index (κ1) is 25.3. The van der Waals surface area contributed by atoms with Crippen LogP contribution in [0.25, 0.3) is 11.5 Å². The van der Waals surface area contributed by atoms with Crippen molar-refractivity contribution in [3.05, 3.63) is 120 Å². The summed E-state index contributed by atoms with van der Waals surface area (Å²) in [5, 5.41) is 8.14. The number of benzene rings is 3. The minimum absolute atomic E-state index is 0.254. The van der Waals surface area contributed by atoms with E-state index in [0.717, 1.165) is 40.4 Å². The molecule has 5 aromatic rings. The normalized spacial score (nSPS) is 14.2. The van der Waals surface area contributed by atoms with Crippen LogP contribution in [0.5, 0.6) is 11.5 Å². The molecule has 0 fully saturated rings. The Balaban J connectivity index is 1.53. The second-order valence-corrected chi connectivity index (χ2v) is 9.59. The van der Waals surface area contributed by atoms with E-state index < -0.39 is 0 Å². The molecule has 3 heterocycles. The van der Waals surface area contributed by atoms with Crippen molar-refractivity contribution in [3.63, 3.8) is 0 Å². The fourth-order valence-electron chi connectivity index (χ4n) is 5.43. The van der Waals surface area contributed by atoms with Gasteiger partial charge in [0.2, 0.25) is 0 Å². The highest BCUT2D eigenvalue weighted by atomic mass is 16.5. The average molecular weight is 534 g/mol. The summed E-state index contributed by atoms with van der Waals surface area (Å²) < 4.78 is 15.1. The highest BCUT2D eigenvalue weighted by Gasteiger charge is 2.36. The van der Waals surface area contributed by atoms with Crippen LogP contribution in [0.1, 0.15) is 35.5 Å². The molecule has 1 N–H and O–H groups in total. The summed E-state index contributed by atoms with van der Waals surface area (Å²) in [6.45, 7) is 2.46. The van der Waals surface area contributed by atoms with Gasteiger partial charge in [0, 0.05) is 17.8 Å². The van der Waals surface area contributed by atoms with E-state index in [-0.39, 0.29) is 12.1 Å². The lowest BCUT2D eigenvalue weighted by Gasteiger charge is -2.31. The van der Waals surface area contributed by atoms with E-state index in [1.54, 1.807) is 32.4 Å². The molecule has 202 valence electrons. The Hall–Kier alpha value is -4.98. The molecule has 0 radical (unpaired) electrons. The van der Waals surface area contributed by atoms with Crippen LogP contribution in [-0.2, 0) is 13.0 Å². The number of nitrogens with one attached hydrogen (secondary N) is 1. The van der Waals surface area contributed by atoms with E-state index in [1.807, 2.05) is 52.0 Å². The van der Waals surface area contributed by atoms with Gasteiger partial charge in [-0.2, -0.15) is 5.10 Å². The number of ether oxygens (including phenoxy) is 2. The Kier molecular flexibility index (Phi) is 6.74. The number of para-hydroxylation sites is 1. The first-order valence-corrected chi connectivity index (χ1v) is 13.3. The number of amides is 2. The minimum atomic E-state index is -0.353. The monoisotopic (exact) mass is 533 g/mol. The van der Waals surface area contributed by atoms with E-state index >= 15 is 0 Å². The third-order valence-electron chi connectivity index (χ3n) is 7.33. The van der Waals surface area contributed by atoms with E-state index in [0.29, 0.717) is 23.7 Å². The Labute approximate surface area is 233 Å². The van der Waals surface area contributed by atoms with Crippen molar-refractivity contribution < 1.29 is 14.3 Å². The molecule has 0 saturated heterocycles. The van der Waals surface area contributed by atoms with Crippen molar-refractivity contribution in [1.82, 2.24) is 19.2 Å². The predicted octanol–water partition coefficient (Wildman–Crippen LogP) is 6.38. The van der Waals surface area contributed by atoms with Crippen LogP contribution in [0.15, 0.2) is 97.2 Å². The molecule has 0 spiro atoms. The topological polar surface area (TPSA) is 73.6 Å². The summed E-state index contributed by atoms with van der Waals surface area (Å²) in [7, 11) is 3.18. The quantitative estimate of drug-likeness (QED) is 0.275. The molecule has 6 rings (SSSR count). The van der Waals surface area contributed by atoms with Crippen LogP contribution < -0.4 is 14.8 Å². The largest absolute Gasteiger partial charge is 0.497 e. The molecule has 40 heavy (non-hydrogen) atoms. The van der Waals surface area contributed by atoms with Gasteiger partial charge in [-0.15, -0.1) is 0 Å². The van der Waals surface area contributed by atoms with Gasteiger partial charge in [0.1, 0.15) is 17.3 Å². The third-order valence-corrected chi connectivity index (χ3v) is 7.33. The molecule has 8 heteroatoms. The lowest BCUT2D eigenvalue weighted by molar-refractivity contribution is 0.194.